The fourth-order valence-electron chi connectivity index (χ4n) is 2.45. The number of rotatable bonds is 4. The molecular formula is C14H16LiN3O3. The largest absolute Gasteiger partial charge is 1.00 e. The molecule has 0 aliphatic carbocycles. The molecule has 1 aromatic carbocycles. The minimum atomic E-state index is -1.16. The van der Waals surface area contributed by atoms with E-state index in [4.69, 9.17) is 4.74 Å². The molecule has 0 atom stereocenters. The maximum atomic E-state index is 10.8. The van der Waals surface area contributed by atoms with Gasteiger partial charge in [-0.3, -0.25) is 9.58 Å². The van der Waals surface area contributed by atoms with Crippen LogP contribution in [-0.2, 0) is 11.3 Å². The molecule has 0 spiro atoms. The summed E-state index contributed by atoms with van der Waals surface area (Å²) >= 11 is 0. The van der Waals surface area contributed by atoms with Crippen molar-refractivity contribution in [3.05, 3.63) is 30.0 Å². The fourth-order valence-corrected chi connectivity index (χ4v) is 2.45. The van der Waals surface area contributed by atoms with E-state index in [1.807, 2.05) is 4.68 Å². The number of aromatic carboxylic acids is 1. The first-order valence-electron chi connectivity index (χ1n) is 6.71. The van der Waals surface area contributed by atoms with E-state index in [0.29, 0.717) is 0 Å². The van der Waals surface area contributed by atoms with Crippen molar-refractivity contribution in [1.82, 2.24) is 14.7 Å². The molecule has 1 aliphatic rings. The smallest absolute Gasteiger partial charge is 0.545 e. The van der Waals surface area contributed by atoms with Crippen molar-refractivity contribution in [3.8, 4) is 0 Å². The quantitative estimate of drug-likeness (QED) is 0.550. The number of ether oxygens (including phenoxy) is 1. The van der Waals surface area contributed by atoms with Gasteiger partial charge in [0.05, 0.1) is 37.4 Å². The Morgan fingerprint density at radius 3 is 2.76 bits per heavy atom. The number of morpholine rings is 1. The van der Waals surface area contributed by atoms with Crippen LogP contribution in [0.1, 0.15) is 10.4 Å². The van der Waals surface area contributed by atoms with E-state index in [0.717, 1.165) is 50.3 Å². The van der Waals surface area contributed by atoms with E-state index in [2.05, 4.69) is 10.00 Å². The number of fused-ring (bicyclic) bond motifs is 1. The molecular weight excluding hydrogens is 265 g/mol. The van der Waals surface area contributed by atoms with Crippen LogP contribution in [-0.4, -0.2) is 53.5 Å². The first-order valence-corrected chi connectivity index (χ1v) is 6.71. The van der Waals surface area contributed by atoms with Crippen LogP contribution in [0, 0.1) is 0 Å². The van der Waals surface area contributed by atoms with Crippen LogP contribution in [0.4, 0.5) is 0 Å². The third-order valence-corrected chi connectivity index (χ3v) is 3.61. The molecule has 6 nitrogen and oxygen atoms in total. The number of nitrogens with zero attached hydrogens (tertiary/aromatic N) is 3. The Hall–Kier alpha value is -1.32. The normalized spacial score (nSPS) is 15.8. The summed E-state index contributed by atoms with van der Waals surface area (Å²) in [5, 5.41) is 16.0. The van der Waals surface area contributed by atoms with Crippen molar-refractivity contribution in [2.24, 2.45) is 0 Å². The van der Waals surface area contributed by atoms with Gasteiger partial charge in [-0.05, 0) is 17.7 Å². The Kier molecular flexibility index (Phi) is 5.43. The van der Waals surface area contributed by atoms with E-state index in [1.54, 1.807) is 24.4 Å². The van der Waals surface area contributed by atoms with E-state index < -0.39 is 5.97 Å². The molecule has 106 valence electrons. The number of carboxylic acids is 1. The molecule has 1 aliphatic heterocycles. The van der Waals surface area contributed by atoms with Gasteiger partial charge >= 0.3 is 18.9 Å². The van der Waals surface area contributed by atoms with E-state index in [1.165, 1.54) is 0 Å². The van der Waals surface area contributed by atoms with Crippen LogP contribution in [0.15, 0.2) is 24.4 Å². The predicted molar refractivity (Wildman–Crippen MR) is 71.3 cm³/mol. The number of hydrogen-bond acceptors (Lipinski definition) is 5. The Morgan fingerprint density at radius 2 is 2.05 bits per heavy atom. The maximum absolute atomic E-state index is 10.8. The minimum absolute atomic E-state index is 0. The van der Waals surface area contributed by atoms with Gasteiger partial charge in [-0.25, -0.2) is 0 Å². The molecule has 3 rings (SSSR count). The molecule has 0 saturated carbocycles. The second-order valence-electron chi connectivity index (χ2n) is 4.88. The van der Waals surface area contributed by atoms with Crippen molar-refractivity contribution in [2.75, 3.05) is 32.8 Å². The number of hydrogen-bond donors (Lipinski definition) is 0. The van der Waals surface area contributed by atoms with E-state index >= 15 is 0 Å². The standard InChI is InChI=1S/C14H17N3O3.Li/c18-14(19)11-1-2-13-12(9-11)10-15-17(13)4-3-16-5-7-20-8-6-16;/h1-2,9-10H,3-8H2,(H,18,19);/q;+1/p-1. The van der Waals surface area contributed by atoms with E-state index in [-0.39, 0.29) is 24.4 Å². The first kappa shape index (κ1) is 16.1. The first-order chi connectivity index (χ1) is 9.74. The van der Waals surface area contributed by atoms with Gasteiger partial charge in [0.2, 0.25) is 0 Å². The van der Waals surface area contributed by atoms with Gasteiger partial charge in [-0.2, -0.15) is 5.10 Å². The molecule has 21 heavy (non-hydrogen) atoms. The van der Waals surface area contributed by atoms with Gasteiger partial charge in [0.1, 0.15) is 0 Å². The number of benzene rings is 1. The molecule has 2 aromatic rings. The molecule has 1 fully saturated rings. The summed E-state index contributed by atoms with van der Waals surface area (Å²) in [6.07, 6.45) is 1.70. The van der Waals surface area contributed by atoms with Crippen molar-refractivity contribution < 1.29 is 33.5 Å². The zero-order valence-electron chi connectivity index (χ0n) is 12.1. The van der Waals surface area contributed by atoms with Crippen LogP contribution in [0.5, 0.6) is 0 Å². The summed E-state index contributed by atoms with van der Waals surface area (Å²) in [5.41, 5.74) is 1.13. The SMILES string of the molecule is O=C([O-])c1ccc2c(cnn2CCN2CCOCC2)c1.[Li+]. The zero-order chi connectivity index (χ0) is 13.9. The van der Waals surface area contributed by atoms with Crippen molar-refractivity contribution in [2.45, 2.75) is 6.54 Å². The number of carbonyl (C=O) groups is 1. The molecule has 7 heteroatoms. The minimum Gasteiger partial charge on any atom is -0.545 e. The molecule has 0 N–H and O–H groups in total. The Balaban J connectivity index is 0.00000161. The van der Waals surface area contributed by atoms with Crippen molar-refractivity contribution in [1.29, 1.82) is 0 Å². The third-order valence-electron chi connectivity index (χ3n) is 3.61. The zero-order valence-corrected chi connectivity index (χ0v) is 12.1. The monoisotopic (exact) mass is 281 g/mol. The van der Waals surface area contributed by atoms with Crippen LogP contribution >= 0.6 is 0 Å². The number of aromatic nitrogens is 2. The second-order valence-corrected chi connectivity index (χ2v) is 4.88. The fraction of sp³-hybridized carbons (Fsp3) is 0.429. The summed E-state index contributed by atoms with van der Waals surface area (Å²) < 4.78 is 7.22. The number of carbonyl (C=O) groups excluding carboxylic acids is 1. The van der Waals surface area contributed by atoms with Crippen LogP contribution in [0.25, 0.3) is 10.9 Å². The van der Waals surface area contributed by atoms with Crippen LogP contribution < -0.4 is 24.0 Å². The van der Waals surface area contributed by atoms with Gasteiger partial charge < -0.3 is 14.6 Å². The Labute approximate surface area is 134 Å². The van der Waals surface area contributed by atoms with Crippen LogP contribution in [0.2, 0.25) is 0 Å². The molecule has 1 aromatic heterocycles. The molecule has 0 bridgehead atoms. The predicted octanol–water partition coefficient (Wildman–Crippen LogP) is -3.26. The molecule has 0 unspecified atom stereocenters. The van der Waals surface area contributed by atoms with Gasteiger partial charge in [0, 0.05) is 25.0 Å². The van der Waals surface area contributed by atoms with Crippen molar-refractivity contribution >= 4 is 16.9 Å². The maximum Gasteiger partial charge on any atom is 1.00 e. The summed E-state index contributed by atoms with van der Waals surface area (Å²) in [4.78, 5) is 13.2. The van der Waals surface area contributed by atoms with Crippen LogP contribution in [0.3, 0.4) is 0 Å². The van der Waals surface area contributed by atoms with Gasteiger partial charge in [-0.15, -0.1) is 0 Å². The topological polar surface area (TPSA) is 70.4 Å². The van der Waals surface area contributed by atoms with E-state index in [9.17, 15) is 9.90 Å². The Bertz CT molecular complexity index is 623. The molecule has 0 amide bonds. The summed E-state index contributed by atoms with van der Waals surface area (Å²) in [7, 11) is 0. The average Bonchev–Trinajstić information content (AvgIpc) is 2.88. The molecule has 0 radical (unpaired) electrons. The summed E-state index contributed by atoms with van der Waals surface area (Å²) in [6, 6.07) is 4.94. The van der Waals surface area contributed by atoms with Gasteiger partial charge in [0.25, 0.3) is 0 Å². The molecule has 2 heterocycles. The van der Waals surface area contributed by atoms with Gasteiger partial charge in [-0.1, -0.05) is 6.07 Å². The Morgan fingerprint density at radius 1 is 1.29 bits per heavy atom. The van der Waals surface area contributed by atoms with Crippen molar-refractivity contribution in [3.63, 3.8) is 0 Å². The average molecular weight is 281 g/mol. The summed E-state index contributed by atoms with van der Waals surface area (Å²) in [6.45, 7) is 5.18. The summed E-state index contributed by atoms with van der Waals surface area (Å²) in [5.74, 6) is -1.16. The second kappa shape index (κ2) is 7.10. The molecule has 1 saturated heterocycles. The third kappa shape index (κ3) is 3.66. The van der Waals surface area contributed by atoms with Gasteiger partial charge in [0.15, 0.2) is 0 Å². The number of carboxylic acid groups (broad SMARTS) is 1.